The van der Waals surface area contributed by atoms with Crippen molar-refractivity contribution in [1.29, 1.82) is 0 Å². The van der Waals surface area contributed by atoms with Gasteiger partial charge in [0.05, 0.1) is 6.61 Å². The van der Waals surface area contributed by atoms with Crippen molar-refractivity contribution >= 4 is 6.29 Å². The number of aldehydes is 1. The molecule has 14 heavy (non-hydrogen) atoms. The van der Waals surface area contributed by atoms with Gasteiger partial charge in [0.15, 0.2) is 6.79 Å². The van der Waals surface area contributed by atoms with Gasteiger partial charge in [-0.1, -0.05) is 6.08 Å². The van der Waals surface area contributed by atoms with Gasteiger partial charge in [0.25, 0.3) is 0 Å². The topological polar surface area (TPSA) is 35.5 Å². The lowest BCUT2D eigenvalue weighted by molar-refractivity contribution is 0.0307. The van der Waals surface area contributed by atoms with Crippen LogP contribution in [0, 0.1) is 0 Å². The Labute approximate surface area is 83.0 Å². The summed E-state index contributed by atoms with van der Waals surface area (Å²) < 4.78 is 10.3. The molecule has 0 spiro atoms. The molecule has 1 aromatic carbocycles. The SMILES string of the molecule is C=CCOCOc1ccc(C=O)cc1. The van der Waals surface area contributed by atoms with Gasteiger partial charge >= 0.3 is 0 Å². The van der Waals surface area contributed by atoms with Gasteiger partial charge in [-0.3, -0.25) is 4.79 Å². The molecule has 3 nitrogen and oxygen atoms in total. The van der Waals surface area contributed by atoms with Crippen LogP contribution >= 0.6 is 0 Å². The van der Waals surface area contributed by atoms with Crippen LogP contribution in [-0.2, 0) is 4.74 Å². The monoisotopic (exact) mass is 192 g/mol. The summed E-state index contributed by atoms with van der Waals surface area (Å²) in [4.78, 5) is 10.3. The number of hydrogen-bond acceptors (Lipinski definition) is 3. The molecule has 0 aliphatic rings. The van der Waals surface area contributed by atoms with Crippen molar-refractivity contribution < 1.29 is 14.3 Å². The van der Waals surface area contributed by atoms with Crippen LogP contribution in [0.4, 0.5) is 0 Å². The van der Waals surface area contributed by atoms with Crippen molar-refractivity contribution in [1.82, 2.24) is 0 Å². The summed E-state index contributed by atoms with van der Waals surface area (Å²) in [5.41, 5.74) is 0.629. The van der Waals surface area contributed by atoms with Crippen LogP contribution in [-0.4, -0.2) is 19.7 Å². The highest BCUT2D eigenvalue weighted by Gasteiger charge is 1.93. The first kappa shape index (κ1) is 10.5. The maximum Gasteiger partial charge on any atom is 0.189 e. The average molecular weight is 192 g/mol. The first-order valence-corrected chi connectivity index (χ1v) is 4.23. The Bertz CT molecular complexity index is 290. The lowest BCUT2D eigenvalue weighted by atomic mass is 10.2. The molecule has 0 unspecified atom stereocenters. The molecule has 74 valence electrons. The molecule has 0 aliphatic carbocycles. The number of carbonyl (C=O) groups is 1. The molecule has 0 amide bonds. The fraction of sp³-hybridized carbons (Fsp3) is 0.182. The van der Waals surface area contributed by atoms with Crippen molar-refractivity contribution in [3.05, 3.63) is 42.5 Å². The highest BCUT2D eigenvalue weighted by Crippen LogP contribution is 2.10. The molecule has 0 radical (unpaired) electrons. The minimum atomic E-state index is 0.187. The number of benzene rings is 1. The number of ether oxygens (including phenoxy) is 2. The second-order valence-corrected chi connectivity index (χ2v) is 2.61. The third kappa shape index (κ3) is 3.41. The van der Waals surface area contributed by atoms with Gasteiger partial charge in [-0.25, -0.2) is 0 Å². The van der Waals surface area contributed by atoms with Crippen LogP contribution in [0.15, 0.2) is 36.9 Å². The van der Waals surface area contributed by atoms with Crippen molar-refractivity contribution in [2.75, 3.05) is 13.4 Å². The van der Waals surface area contributed by atoms with E-state index in [-0.39, 0.29) is 6.79 Å². The molecule has 0 heterocycles. The number of hydrogen-bond donors (Lipinski definition) is 0. The minimum absolute atomic E-state index is 0.187. The molecule has 1 rings (SSSR count). The zero-order chi connectivity index (χ0) is 10.2. The molecule has 0 aromatic heterocycles. The van der Waals surface area contributed by atoms with Crippen molar-refractivity contribution in [3.8, 4) is 5.75 Å². The van der Waals surface area contributed by atoms with E-state index >= 15 is 0 Å². The van der Waals surface area contributed by atoms with E-state index in [1.807, 2.05) is 0 Å². The van der Waals surface area contributed by atoms with Crippen LogP contribution in [0.2, 0.25) is 0 Å². The average Bonchev–Trinajstić information content (AvgIpc) is 2.25. The van der Waals surface area contributed by atoms with Crippen molar-refractivity contribution in [3.63, 3.8) is 0 Å². The molecule has 0 N–H and O–H groups in total. The Hall–Kier alpha value is -1.61. The van der Waals surface area contributed by atoms with Gasteiger partial charge in [-0.15, -0.1) is 6.58 Å². The zero-order valence-corrected chi connectivity index (χ0v) is 7.81. The molecule has 1 aromatic rings. The Kier molecular flexibility index (Phi) is 4.44. The molecule has 0 bridgehead atoms. The van der Waals surface area contributed by atoms with E-state index in [1.165, 1.54) is 0 Å². The minimum Gasteiger partial charge on any atom is -0.468 e. The maximum atomic E-state index is 10.3. The molecule has 0 saturated heterocycles. The molecule has 0 saturated carbocycles. The smallest absolute Gasteiger partial charge is 0.189 e. The summed E-state index contributed by atoms with van der Waals surface area (Å²) in [5, 5.41) is 0. The molecule has 0 atom stereocenters. The summed E-state index contributed by atoms with van der Waals surface area (Å²) in [7, 11) is 0. The quantitative estimate of drug-likeness (QED) is 0.299. The fourth-order valence-corrected chi connectivity index (χ4v) is 0.884. The van der Waals surface area contributed by atoms with Gasteiger partial charge in [0.1, 0.15) is 12.0 Å². The third-order valence-corrected chi connectivity index (χ3v) is 1.56. The molecular weight excluding hydrogens is 180 g/mol. The van der Waals surface area contributed by atoms with Gasteiger partial charge < -0.3 is 9.47 Å². The predicted molar refractivity (Wildman–Crippen MR) is 53.5 cm³/mol. The highest BCUT2D eigenvalue weighted by molar-refractivity contribution is 5.74. The van der Waals surface area contributed by atoms with E-state index < -0.39 is 0 Å². The standard InChI is InChI=1S/C11H12O3/c1-2-7-13-9-14-11-5-3-10(8-12)4-6-11/h2-6,8H,1,7,9H2. The first-order chi connectivity index (χ1) is 6.86. The van der Waals surface area contributed by atoms with Gasteiger partial charge in [-0.2, -0.15) is 0 Å². The van der Waals surface area contributed by atoms with E-state index in [1.54, 1.807) is 30.3 Å². The third-order valence-electron chi connectivity index (χ3n) is 1.56. The summed E-state index contributed by atoms with van der Waals surface area (Å²) in [6, 6.07) is 6.83. The number of rotatable bonds is 6. The summed E-state index contributed by atoms with van der Waals surface area (Å²) in [6.45, 7) is 4.16. The number of carbonyl (C=O) groups excluding carboxylic acids is 1. The van der Waals surface area contributed by atoms with Crippen LogP contribution in [0.5, 0.6) is 5.75 Å². The van der Waals surface area contributed by atoms with Crippen LogP contribution < -0.4 is 4.74 Å². The van der Waals surface area contributed by atoms with Crippen LogP contribution in [0.3, 0.4) is 0 Å². The van der Waals surface area contributed by atoms with Crippen LogP contribution in [0.1, 0.15) is 10.4 Å². The first-order valence-electron chi connectivity index (χ1n) is 4.23. The van der Waals surface area contributed by atoms with Gasteiger partial charge in [-0.05, 0) is 24.3 Å². The Morgan fingerprint density at radius 2 is 2.00 bits per heavy atom. The Morgan fingerprint density at radius 1 is 1.29 bits per heavy atom. The largest absolute Gasteiger partial charge is 0.468 e. The maximum absolute atomic E-state index is 10.3. The Morgan fingerprint density at radius 3 is 2.57 bits per heavy atom. The van der Waals surface area contributed by atoms with E-state index in [4.69, 9.17) is 9.47 Å². The second kappa shape index (κ2) is 5.94. The predicted octanol–water partition coefficient (Wildman–Crippen LogP) is 2.04. The molecule has 3 heteroatoms. The second-order valence-electron chi connectivity index (χ2n) is 2.61. The van der Waals surface area contributed by atoms with Gasteiger partial charge in [0.2, 0.25) is 0 Å². The molecule has 0 aliphatic heterocycles. The van der Waals surface area contributed by atoms with Crippen molar-refractivity contribution in [2.45, 2.75) is 0 Å². The Balaban J connectivity index is 2.36. The summed E-state index contributed by atoms with van der Waals surface area (Å²) in [5.74, 6) is 0.680. The molecule has 0 fully saturated rings. The lowest BCUT2D eigenvalue weighted by Gasteiger charge is -2.05. The lowest BCUT2D eigenvalue weighted by Crippen LogP contribution is -2.02. The van der Waals surface area contributed by atoms with Crippen molar-refractivity contribution in [2.24, 2.45) is 0 Å². The normalized spacial score (nSPS) is 9.43. The van der Waals surface area contributed by atoms with E-state index in [0.717, 1.165) is 6.29 Å². The zero-order valence-electron chi connectivity index (χ0n) is 7.81. The highest BCUT2D eigenvalue weighted by atomic mass is 16.7. The fourth-order valence-electron chi connectivity index (χ4n) is 0.884. The van der Waals surface area contributed by atoms with E-state index in [0.29, 0.717) is 17.9 Å². The summed E-state index contributed by atoms with van der Waals surface area (Å²) >= 11 is 0. The van der Waals surface area contributed by atoms with Crippen LogP contribution in [0.25, 0.3) is 0 Å². The molecular formula is C11H12O3. The van der Waals surface area contributed by atoms with Gasteiger partial charge in [0, 0.05) is 5.56 Å². The van der Waals surface area contributed by atoms with E-state index in [2.05, 4.69) is 6.58 Å². The summed E-state index contributed by atoms with van der Waals surface area (Å²) in [6.07, 6.45) is 2.44. The van der Waals surface area contributed by atoms with E-state index in [9.17, 15) is 4.79 Å².